The summed E-state index contributed by atoms with van der Waals surface area (Å²) in [5.41, 5.74) is 2.26. The van der Waals surface area contributed by atoms with Crippen molar-refractivity contribution in [2.24, 2.45) is 7.05 Å². The van der Waals surface area contributed by atoms with Crippen molar-refractivity contribution in [3.63, 3.8) is 0 Å². The van der Waals surface area contributed by atoms with Crippen LogP contribution in [0.15, 0.2) is 11.0 Å². The van der Waals surface area contributed by atoms with E-state index in [2.05, 4.69) is 58.4 Å². The second-order valence-electron chi connectivity index (χ2n) is 5.63. The molecule has 0 atom stereocenters. The molecular formula is C13H17IN4O. The summed E-state index contributed by atoms with van der Waals surface area (Å²) in [6.07, 6.45) is 1.87. The van der Waals surface area contributed by atoms with E-state index in [1.807, 2.05) is 20.2 Å². The van der Waals surface area contributed by atoms with E-state index in [0.29, 0.717) is 9.39 Å². The lowest BCUT2D eigenvalue weighted by Gasteiger charge is -2.19. The van der Waals surface area contributed by atoms with Gasteiger partial charge in [0.1, 0.15) is 9.39 Å². The van der Waals surface area contributed by atoms with Gasteiger partial charge in [-0.2, -0.15) is 5.10 Å². The molecule has 0 saturated carbocycles. The molecule has 0 amide bonds. The molecule has 19 heavy (non-hydrogen) atoms. The van der Waals surface area contributed by atoms with Gasteiger partial charge in [-0.1, -0.05) is 20.8 Å². The third kappa shape index (κ3) is 2.72. The smallest absolute Gasteiger partial charge is 0.264 e. The number of nitrogens with zero attached hydrogens (tertiary/aromatic N) is 3. The molecule has 0 aliphatic rings. The Balaban J connectivity index is 2.70. The van der Waals surface area contributed by atoms with Gasteiger partial charge in [-0.15, -0.1) is 0 Å². The molecule has 5 nitrogen and oxygen atoms in total. The number of hydrogen-bond donors (Lipinski definition) is 1. The molecule has 0 aromatic carbocycles. The lowest BCUT2D eigenvalue weighted by atomic mass is 9.92. The minimum atomic E-state index is -0.171. The predicted molar refractivity (Wildman–Crippen MR) is 83.2 cm³/mol. The Hall–Kier alpha value is -1.18. The van der Waals surface area contributed by atoms with E-state index >= 15 is 0 Å². The van der Waals surface area contributed by atoms with Gasteiger partial charge in [-0.3, -0.25) is 9.48 Å². The standard InChI is InChI=1S/C13H17IN4O/c1-7-8(6-18(5)17-7)11-15-10(13(2,3)4)9(14)12(19)16-11/h6H,1-5H3,(H,15,16,19). The monoisotopic (exact) mass is 372 g/mol. The van der Waals surface area contributed by atoms with Crippen LogP contribution < -0.4 is 5.56 Å². The lowest BCUT2D eigenvalue weighted by Crippen LogP contribution is -2.24. The highest BCUT2D eigenvalue weighted by atomic mass is 127. The van der Waals surface area contributed by atoms with E-state index in [1.165, 1.54) is 0 Å². The molecular weight excluding hydrogens is 355 g/mol. The van der Waals surface area contributed by atoms with Gasteiger partial charge in [0, 0.05) is 18.7 Å². The van der Waals surface area contributed by atoms with Crippen molar-refractivity contribution in [2.45, 2.75) is 33.1 Å². The maximum atomic E-state index is 12.1. The first-order chi connectivity index (χ1) is 8.70. The molecule has 2 rings (SSSR count). The van der Waals surface area contributed by atoms with E-state index in [1.54, 1.807) is 4.68 Å². The molecule has 0 radical (unpaired) electrons. The predicted octanol–water partition coefficient (Wildman–Crippen LogP) is 2.38. The van der Waals surface area contributed by atoms with Gasteiger partial charge >= 0.3 is 0 Å². The fourth-order valence-electron chi connectivity index (χ4n) is 1.92. The van der Waals surface area contributed by atoms with Crippen molar-refractivity contribution >= 4 is 22.6 Å². The number of aryl methyl sites for hydroxylation is 2. The summed E-state index contributed by atoms with van der Waals surface area (Å²) in [4.78, 5) is 19.5. The fraction of sp³-hybridized carbons (Fsp3) is 0.462. The molecule has 102 valence electrons. The van der Waals surface area contributed by atoms with E-state index in [-0.39, 0.29) is 11.0 Å². The van der Waals surface area contributed by atoms with Gasteiger partial charge in [0.25, 0.3) is 5.56 Å². The summed E-state index contributed by atoms with van der Waals surface area (Å²) < 4.78 is 2.37. The first kappa shape index (κ1) is 14.2. The Morgan fingerprint density at radius 1 is 1.37 bits per heavy atom. The summed E-state index contributed by atoms with van der Waals surface area (Å²) in [6.45, 7) is 8.06. The van der Waals surface area contributed by atoms with Gasteiger partial charge in [0.15, 0.2) is 0 Å². The van der Waals surface area contributed by atoms with Crippen LogP contribution in [0.5, 0.6) is 0 Å². The van der Waals surface area contributed by atoms with Gasteiger partial charge in [0.05, 0.1) is 17.0 Å². The highest BCUT2D eigenvalue weighted by molar-refractivity contribution is 14.1. The van der Waals surface area contributed by atoms with Crippen LogP contribution in [0.4, 0.5) is 0 Å². The number of aromatic amines is 1. The maximum Gasteiger partial charge on any atom is 0.264 e. The molecule has 0 bridgehead atoms. The SMILES string of the molecule is Cc1nn(C)cc1-c1nc(C(C)(C)C)c(I)c(=O)[nH]1. The van der Waals surface area contributed by atoms with Crippen LogP contribution >= 0.6 is 22.6 Å². The zero-order valence-electron chi connectivity index (χ0n) is 11.7. The lowest BCUT2D eigenvalue weighted by molar-refractivity contribution is 0.562. The topological polar surface area (TPSA) is 63.6 Å². The number of H-pyrrole nitrogens is 1. The van der Waals surface area contributed by atoms with Gasteiger partial charge in [-0.25, -0.2) is 4.98 Å². The number of rotatable bonds is 1. The maximum absolute atomic E-state index is 12.1. The van der Waals surface area contributed by atoms with Crippen LogP contribution in [0.3, 0.4) is 0 Å². The van der Waals surface area contributed by atoms with E-state index in [0.717, 1.165) is 17.0 Å². The van der Waals surface area contributed by atoms with Crippen LogP contribution in [0.25, 0.3) is 11.4 Å². The van der Waals surface area contributed by atoms with Gasteiger partial charge in [-0.05, 0) is 29.5 Å². The van der Waals surface area contributed by atoms with Crippen LogP contribution in [0, 0.1) is 10.5 Å². The first-order valence-electron chi connectivity index (χ1n) is 6.01. The molecule has 0 aliphatic heterocycles. The summed E-state index contributed by atoms with van der Waals surface area (Å²) in [6, 6.07) is 0. The van der Waals surface area contributed by atoms with Gasteiger partial charge in [0.2, 0.25) is 0 Å². The number of aromatic nitrogens is 4. The highest BCUT2D eigenvalue weighted by Crippen LogP contribution is 2.26. The first-order valence-corrected chi connectivity index (χ1v) is 7.09. The van der Waals surface area contributed by atoms with Crippen LogP contribution in [0.1, 0.15) is 32.2 Å². The van der Waals surface area contributed by atoms with Crippen molar-refractivity contribution in [3.05, 3.63) is 31.5 Å². The average Bonchev–Trinajstić information content (AvgIpc) is 2.60. The molecule has 0 aliphatic carbocycles. The fourth-order valence-corrected chi connectivity index (χ4v) is 2.98. The molecule has 6 heteroatoms. The largest absolute Gasteiger partial charge is 0.305 e. The number of halogens is 1. The van der Waals surface area contributed by atoms with Crippen LogP contribution in [-0.4, -0.2) is 19.7 Å². The number of nitrogens with one attached hydrogen (secondary N) is 1. The third-order valence-electron chi connectivity index (χ3n) is 2.84. The number of hydrogen-bond acceptors (Lipinski definition) is 3. The van der Waals surface area contributed by atoms with E-state index < -0.39 is 0 Å². The molecule has 0 saturated heterocycles. The summed E-state index contributed by atoms with van der Waals surface area (Å²) >= 11 is 2.05. The molecule has 0 spiro atoms. The molecule has 0 unspecified atom stereocenters. The van der Waals surface area contributed by atoms with Gasteiger partial charge < -0.3 is 4.98 Å². The quantitative estimate of drug-likeness (QED) is 0.782. The second kappa shape index (κ2) is 4.73. The summed E-state index contributed by atoms with van der Waals surface area (Å²) in [7, 11) is 1.85. The molecule has 2 heterocycles. The summed E-state index contributed by atoms with van der Waals surface area (Å²) in [5, 5.41) is 4.28. The normalized spacial score (nSPS) is 11.9. The Morgan fingerprint density at radius 3 is 2.47 bits per heavy atom. The third-order valence-corrected chi connectivity index (χ3v) is 3.84. The molecule has 1 N–H and O–H groups in total. The molecule has 2 aromatic heterocycles. The second-order valence-corrected chi connectivity index (χ2v) is 6.71. The molecule has 2 aromatic rings. The highest BCUT2D eigenvalue weighted by Gasteiger charge is 2.23. The van der Waals surface area contributed by atoms with Crippen molar-refractivity contribution in [2.75, 3.05) is 0 Å². The Labute approximate surface area is 125 Å². The Kier molecular flexibility index (Phi) is 3.55. The van der Waals surface area contributed by atoms with E-state index in [9.17, 15) is 4.79 Å². The molecule has 0 fully saturated rings. The minimum absolute atomic E-state index is 0.0984. The van der Waals surface area contributed by atoms with E-state index in [4.69, 9.17) is 0 Å². The Morgan fingerprint density at radius 2 is 2.00 bits per heavy atom. The summed E-state index contributed by atoms with van der Waals surface area (Å²) in [5.74, 6) is 0.584. The van der Waals surface area contributed by atoms with Crippen LogP contribution in [0.2, 0.25) is 0 Å². The van der Waals surface area contributed by atoms with Crippen molar-refractivity contribution < 1.29 is 0 Å². The van der Waals surface area contributed by atoms with Crippen molar-refractivity contribution in [1.29, 1.82) is 0 Å². The zero-order chi connectivity index (χ0) is 14.4. The zero-order valence-corrected chi connectivity index (χ0v) is 13.9. The average molecular weight is 372 g/mol. The van der Waals surface area contributed by atoms with Crippen molar-refractivity contribution in [1.82, 2.24) is 19.7 Å². The van der Waals surface area contributed by atoms with Crippen molar-refractivity contribution in [3.8, 4) is 11.4 Å². The Bertz CT molecular complexity index is 679. The van der Waals surface area contributed by atoms with Crippen LogP contribution in [-0.2, 0) is 12.5 Å². The minimum Gasteiger partial charge on any atom is -0.305 e.